The second-order valence-corrected chi connectivity index (χ2v) is 11.5. The first-order chi connectivity index (χ1) is 20.2. The number of nitrogens with one attached hydrogen (secondary N) is 5. The normalized spacial score (nSPS) is 17.6. The summed E-state index contributed by atoms with van der Waals surface area (Å²) >= 11 is 1.39. The summed E-state index contributed by atoms with van der Waals surface area (Å²) in [5, 5.41) is 25.5. The van der Waals surface area contributed by atoms with Crippen LogP contribution in [0.15, 0.2) is 59.6 Å². The molecule has 1 fully saturated rings. The average Bonchev–Trinajstić information content (AvgIpc) is 2.96. The van der Waals surface area contributed by atoms with Gasteiger partial charge in [-0.2, -0.15) is 0 Å². The Labute approximate surface area is 252 Å². The third-order valence-electron chi connectivity index (χ3n) is 6.41. The maximum absolute atomic E-state index is 13.2. The monoisotopic (exact) mass is 609 g/mol. The Bertz CT molecular complexity index is 1460. The lowest BCUT2D eigenvalue weighted by atomic mass is 9.98. The quantitative estimate of drug-likeness (QED) is 0.115. The number of benzene rings is 2. The van der Waals surface area contributed by atoms with Crippen LogP contribution >= 0.6 is 11.9 Å². The van der Waals surface area contributed by atoms with Gasteiger partial charge in [0.1, 0.15) is 16.7 Å². The number of rotatable bonds is 11. The molecular formula is C29H35N7O4S2. The van der Waals surface area contributed by atoms with Crippen molar-refractivity contribution in [2.45, 2.75) is 31.0 Å². The van der Waals surface area contributed by atoms with Crippen molar-refractivity contribution in [2.75, 3.05) is 42.4 Å². The number of morpholine rings is 1. The summed E-state index contributed by atoms with van der Waals surface area (Å²) in [5.74, 6) is 0.0268. The summed E-state index contributed by atoms with van der Waals surface area (Å²) in [5.41, 5.74) is 2.92. The molecule has 3 aromatic rings. The highest BCUT2D eigenvalue weighted by Crippen LogP contribution is 2.34. The molecule has 5 N–H and O–H groups in total. The van der Waals surface area contributed by atoms with Gasteiger partial charge in [-0.25, -0.2) is 9.19 Å². The van der Waals surface area contributed by atoms with Crippen molar-refractivity contribution < 1.29 is 18.4 Å². The van der Waals surface area contributed by atoms with Crippen molar-refractivity contribution in [1.82, 2.24) is 9.88 Å². The number of pyridine rings is 1. The van der Waals surface area contributed by atoms with Gasteiger partial charge in [-0.05, 0) is 49.7 Å². The van der Waals surface area contributed by atoms with Crippen LogP contribution < -0.4 is 14.2 Å². The van der Waals surface area contributed by atoms with Crippen LogP contribution in [0.1, 0.15) is 25.0 Å². The molecule has 0 saturated carbocycles. The maximum atomic E-state index is 13.2. The molecule has 13 heteroatoms. The molecule has 3 atom stereocenters. The molecule has 222 valence electrons. The number of methoxy groups -OCH3 is 1. The van der Waals surface area contributed by atoms with Crippen LogP contribution in [-0.4, -0.2) is 77.3 Å². The van der Waals surface area contributed by atoms with Gasteiger partial charge in [0, 0.05) is 48.4 Å². The fourth-order valence-electron chi connectivity index (χ4n) is 4.73. The van der Waals surface area contributed by atoms with Crippen LogP contribution in [0.5, 0.6) is 5.88 Å². The minimum absolute atomic E-state index is 0.0323. The lowest BCUT2D eigenvalue weighted by Crippen LogP contribution is -2.47. The minimum Gasteiger partial charge on any atom is -0.480 e. The fourth-order valence-corrected chi connectivity index (χ4v) is 5.99. The number of ether oxygens (including phenoxy) is 3. The Morgan fingerprint density at radius 2 is 1.83 bits per heavy atom. The first kappa shape index (κ1) is 31.2. The maximum Gasteiger partial charge on any atom is 0.237 e. The molecule has 1 unspecified atom stereocenters. The molecule has 1 saturated heterocycles. The predicted molar refractivity (Wildman–Crippen MR) is 170 cm³/mol. The molecule has 2 heterocycles. The number of aromatic nitrogens is 1. The topological polar surface area (TPSA) is 156 Å². The van der Waals surface area contributed by atoms with Crippen molar-refractivity contribution in [1.29, 1.82) is 16.2 Å². The molecule has 2 aromatic carbocycles. The smallest absolute Gasteiger partial charge is 0.237 e. The van der Waals surface area contributed by atoms with Crippen LogP contribution in [0.25, 0.3) is 11.1 Å². The van der Waals surface area contributed by atoms with Gasteiger partial charge in [0.2, 0.25) is 17.7 Å². The second-order valence-electron chi connectivity index (χ2n) is 9.71. The molecule has 0 bridgehead atoms. The Morgan fingerprint density at radius 3 is 2.48 bits per heavy atom. The average molecular weight is 610 g/mol. The molecule has 0 amide bonds. The van der Waals surface area contributed by atoms with Crippen molar-refractivity contribution in [3.63, 3.8) is 0 Å². The zero-order valence-corrected chi connectivity index (χ0v) is 25.5. The number of nitrogens with zero attached hydrogens (tertiary/aromatic N) is 2. The van der Waals surface area contributed by atoms with Crippen molar-refractivity contribution in [3.8, 4) is 17.0 Å². The van der Waals surface area contributed by atoms with Crippen molar-refractivity contribution in [3.05, 3.63) is 65.9 Å². The summed E-state index contributed by atoms with van der Waals surface area (Å²) in [7, 11) is -0.105. The van der Waals surface area contributed by atoms with Gasteiger partial charge in [0.15, 0.2) is 0 Å². The van der Waals surface area contributed by atoms with Gasteiger partial charge >= 0.3 is 0 Å². The largest absolute Gasteiger partial charge is 0.480 e. The summed E-state index contributed by atoms with van der Waals surface area (Å²) in [6.07, 6.45) is 4.67. The zero-order valence-electron chi connectivity index (χ0n) is 23.9. The predicted octanol–water partition coefficient (Wildman–Crippen LogP) is 5.01. The Morgan fingerprint density at radius 1 is 1.14 bits per heavy atom. The van der Waals surface area contributed by atoms with Gasteiger partial charge in [-0.15, -0.1) is 0 Å². The van der Waals surface area contributed by atoms with E-state index in [1.54, 1.807) is 42.6 Å². The lowest BCUT2D eigenvalue weighted by molar-refractivity contribution is -0.0642. The van der Waals surface area contributed by atoms with Gasteiger partial charge in [-0.3, -0.25) is 15.7 Å². The van der Waals surface area contributed by atoms with E-state index in [2.05, 4.69) is 19.3 Å². The summed E-state index contributed by atoms with van der Waals surface area (Å²) in [6.45, 7) is 5.50. The molecule has 4 rings (SSSR count). The van der Waals surface area contributed by atoms with E-state index >= 15 is 0 Å². The molecule has 42 heavy (non-hydrogen) atoms. The van der Waals surface area contributed by atoms with E-state index in [0.717, 1.165) is 6.21 Å². The second kappa shape index (κ2) is 14.4. The zero-order chi connectivity index (χ0) is 30.2. The van der Waals surface area contributed by atoms with Gasteiger partial charge < -0.3 is 29.1 Å². The summed E-state index contributed by atoms with van der Waals surface area (Å²) in [6, 6.07) is 14.2. The van der Waals surface area contributed by atoms with E-state index in [-0.39, 0.29) is 36.1 Å². The van der Waals surface area contributed by atoms with Gasteiger partial charge in [-0.1, -0.05) is 30.1 Å². The molecule has 0 radical (unpaired) electrons. The van der Waals surface area contributed by atoms with E-state index in [1.807, 2.05) is 32.2 Å². The van der Waals surface area contributed by atoms with Crippen molar-refractivity contribution in [2.24, 2.45) is 0 Å². The number of hydrogen-bond donors (Lipinski definition) is 5. The first-order valence-corrected chi connectivity index (χ1v) is 15.6. The minimum atomic E-state index is -1.64. The molecule has 1 aromatic heterocycles. The van der Waals surface area contributed by atoms with E-state index in [4.69, 9.17) is 30.4 Å². The summed E-state index contributed by atoms with van der Waals surface area (Å²) < 4.78 is 36.3. The van der Waals surface area contributed by atoms with Crippen LogP contribution in [0.2, 0.25) is 0 Å². The number of hydrogen-bond acceptors (Lipinski definition) is 11. The van der Waals surface area contributed by atoms with Crippen LogP contribution in [0.4, 0.5) is 11.4 Å². The van der Waals surface area contributed by atoms with Crippen molar-refractivity contribution >= 4 is 52.3 Å². The highest BCUT2D eigenvalue weighted by atomic mass is 32.2. The van der Waals surface area contributed by atoms with Crippen LogP contribution in [0.3, 0.4) is 0 Å². The third kappa shape index (κ3) is 7.73. The van der Waals surface area contributed by atoms with Crippen LogP contribution in [-0.2, 0) is 20.5 Å². The van der Waals surface area contributed by atoms with Gasteiger partial charge in [0.25, 0.3) is 0 Å². The highest BCUT2D eigenvalue weighted by molar-refractivity contribution is 7.99. The van der Waals surface area contributed by atoms with Crippen LogP contribution in [0, 0.1) is 16.2 Å². The Kier molecular flexibility index (Phi) is 10.7. The molecule has 11 nitrogen and oxygen atoms in total. The van der Waals surface area contributed by atoms with E-state index < -0.39 is 11.0 Å². The summed E-state index contributed by atoms with van der Waals surface area (Å²) in [4.78, 5) is 7.03. The standard InChI is InChI=1S/C29H35N7O4S2/c1-18-15-36(16-19(2)39-18)17-27(31)40-28(32)23-10-20(21-12-26(34-41-4)29(38-3)33-14-21)11-25(24(23)13-30)35-42(37)22-8-6-5-7-9-22/h5-14,18-19,30-32,34-35H,15-17H2,1-4H3/t18-,19+,42?. The van der Waals surface area contributed by atoms with Gasteiger partial charge in [0.05, 0.1) is 36.4 Å². The fraction of sp³-hybridized carbons (Fsp3) is 0.310. The van der Waals surface area contributed by atoms with E-state index in [1.165, 1.54) is 19.1 Å². The number of anilines is 2. The molecule has 1 aliphatic rings. The SMILES string of the molecule is COc1ncc(-c2cc(NS(=O)c3ccccc3)c(C=N)c(C(=N)OC(=N)CN3C[C@@H](C)O[C@@H](C)C3)c2)cc1NSC. The Balaban J connectivity index is 1.71. The van der Waals surface area contributed by atoms with E-state index in [9.17, 15) is 4.21 Å². The molecule has 1 aliphatic heterocycles. The molecular weight excluding hydrogens is 574 g/mol. The van der Waals surface area contributed by atoms with E-state index in [0.29, 0.717) is 51.9 Å². The Hall–Kier alpha value is -3.78. The lowest BCUT2D eigenvalue weighted by Gasteiger charge is -2.35. The third-order valence-corrected chi connectivity index (χ3v) is 7.94. The molecule has 0 aliphatic carbocycles. The first-order valence-electron chi connectivity index (χ1n) is 13.2. The molecule has 0 spiro atoms. The highest BCUT2D eigenvalue weighted by Gasteiger charge is 2.25.